The molecular formula is C12H15FN2O2. The van der Waals surface area contributed by atoms with Crippen LogP contribution in [0.2, 0.25) is 0 Å². The van der Waals surface area contributed by atoms with Crippen molar-refractivity contribution in [1.82, 2.24) is 0 Å². The summed E-state index contributed by atoms with van der Waals surface area (Å²) in [5.74, 6) is -0.377. The van der Waals surface area contributed by atoms with Crippen molar-refractivity contribution >= 4 is 11.9 Å². The average Bonchev–Trinajstić information content (AvgIpc) is 2.15. The van der Waals surface area contributed by atoms with Crippen molar-refractivity contribution in [3.05, 3.63) is 35.6 Å². The summed E-state index contributed by atoms with van der Waals surface area (Å²) >= 11 is 0. The maximum Gasteiger partial charge on any atom is 0.436 e. The highest BCUT2D eigenvalue weighted by molar-refractivity contribution is 6.02. The standard InChI is InChI=1S/C12H15FN2O2/c1-12(2,3)17-11(16)15-10(14)8-4-6-9(13)7-5-8/h4-7H,1-3H3,(H2,14,15,16). The Hall–Kier alpha value is -1.91. The summed E-state index contributed by atoms with van der Waals surface area (Å²) in [6, 6.07) is 5.37. The molecule has 0 saturated carbocycles. The van der Waals surface area contributed by atoms with Crippen molar-refractivity contribution in [1.29, 1.82) is 0 Å². The van der Waals surface area contributed by atoms with Gasteiger partial charge in [0.15, 0.2) is 0 Å². The van der Waals surface area contributed by atoms with Crippen LogP contribution in [0.1, 0.15) is 26.3 Å². The number of carbonyl (C=O) groups excluding carboxylic acids is 1. The van der Waals surface area contributed by atoms with E-state index < -0.39 is 11.7 Å². The van der Waals surface area contributed by atoms with E-state index in [1.165, 1.54) is 24.3 Å². The fraction of sp³-hybridized carbons (Fsp3) is 0.333. The molecule has 1 aromatic carbocycles. The predicted octanol–water partition coefficient (Wildman–Crippen LogP) is 2.47. The van der Waals surface area contributed by atoms with Crippen molar-refractivity contribution in [2.45, 2.75) is 26.4 Å². The van der Waals surface area contributed by atoms with E-state index >= 15 is 0 Å². The van der Waals surface area contributed by atoms with Crippen LogP contribution in [0.25, 0.3) is 0 Å². The lowest BCUT2D eigenvalue weighted by Gasteiger charge is -2.17. The molecular weight excluding hydrogens is 223 g/mol. The third-order valence-corrected chi connectivity index (χ3v) is 1.75. The van der Waals surface area contributed by atoms with E-state index in [-0.39, 0.29) is 11.7 Å². The Balaban J connectivity index is 2.79. The Morgan fingerprint density at radius 3 is 2.29 bits per heavy atom. The lowest BCUT2D eigenvalue weighted by atomic mass is 10.2. The van der Waals surface area contributed by atoms with E-state index in [2.05, 4.69) is 4.99 Å². The molecule has 92 valence electrons. The average molecular weight is 238 g/mol. The van der Waals surface area contributed by atoms with Crippen LogP contribution in [0.15, 0.2) is 29.3 Å². The molecule has 0 atom stereocenters. The van der Waals surface area contributed by atoms with E-state index in [4.69, 9.17) is 10.5 Å². The van der Waals surface area contributed by atoms with Crippen molar-refractivity contribution in [2.24, 2.45) is 10.7 Å². The number of hydrogen-bond donors (Lipinski definition) is 1. The minimum atomic E-state index is -0.765. The Labute approximate surface area is 99.3 Å². The molecule has 0 saturated heterocycles. The van der Waals surface area contributed by atoms with Gasteiger partial charge in [0.25, 0.3) is 0 Å². The highest BCUT2D eigenvalue weighted by Crippen LogP contribution is 2.09. The molecule has 5 heteroatoms. The zero-order valence-electron chi connectivity index (χ0n) is 10.0. The van der Waals surface area contributed by atoms with Gasteiger partial charge in [0.2, 0.25) is 0 Å². The predicted molar refractivity (Wildman–Crippen MR) is 63.4 cm³/mol. The minimum absolute atomic E-state index is 0.000694. The second-order valence-corrected chi connectivity index (χ2v) is 4.48. The maximum atomic E-state index is 12.7. The number of halogens is 1. The van der Waals surface area contributed by atoms with Gasteiger partial charge in [0.05, 0.1) is 0 Å². The monoisotopic (exact) mass is 238 g/mol. The second kappa shape index (κ2) is 4.95. The first-order chi connectivity index (χ1) is 7.78. The molecule has 1 rings (SSSR count). The van der Waals surface area contributed by atoms with Gasteiger partial charge in [-0.3, -0.25) is 0 Å². The number of carbonyl (C=O) groups is 1. The first kappa shape index (κ1) is 13.2. The molecule has 0 radical (unpaired) electrons. The fourth-order valence-electron chi connectivity index (χ4n) is 1.07. The Kier molecular flexibility index (Phi) is 3.83. The summed E-state index contributed by atoms with van der Waals surface area (Å²) in [4.78, 5) is 14.9. The van der Waals surface area contributed by atoms with Crippen LogP contribution < -0.4 is 5.73 Å². The van der Waals surface area contributed by atoms with Crippen LogP contribution in [0, 0.1) is 5.82 Å². The number of aliphatic imine (C=N–C) groups is 1. The lowest BCUT2D eigenvalue weighted by Crippen LogP contribution is -2.24. The van der Waals surface area contributed by atoms with Crippen LogP contribution in [-0.2, 0) is 4.74 Å². The number of hydrogen-bond acceptors (Lipinski definition) is 2. The SMILES string of the molecule is CC(C)(C)OC(=O)N=C(N)c1ccc(F)cc1. The van der Waals surface area contributed by atoms with Gasteiger partial charge in [-0.25, -0.2) is 9.18 Å². The number of benzene rings is 1. The molecule has 2 N–H and O–H groups in total. The van der Waals surface area contributed by atoms with Crippen molar-refractivity contribution < 1.29 is 13.9 Å². The summed E-state index contributed by atoms with van der Waals surface area (Å²) in [6.07, 6.45) is -0.765. The zero-order chi connectivity index (χ0) is 13.1. The molecule has 0 aliphatic carbocycles. The summed E-state index contributed by atoms with van der Waals surface area (Å²) in [5, 5.41) is 0. The van der Waals surface area contributed by atoms with Gasteiger partial charge in [0.1, 0.15) is 17.3 Å². The first-order valence-electron chi connectivity index (χ1n) is 5.11. The van der Waals surface area contributed by atoms with Crippen LogP contribution in [0.3, 0.4) is 0 Å². The molecule has 0 aromatic heterocycles. The van der Waals surface area contributed by atoms with Crippen LogP contribution in [-0.4, -0.2) is 17.5 Å². The maximum absolute atomic E-state index is 12.7. The van der Waals surface area contributed by atoms with E-state index in [1.807, 2.05) is 0 Å². The summed E-state index contributed by atoms with van der Waals surface area (Å²) in [7, 11) is 0. The normalized spacial score (nSPS) is 12.4. The van der Waals surface area contributed by atoms with E-state index in [9.17, 15) is 9.18 Å². The number of nitrogens with zero attached hydrogens (tertiary/aromatic N) is 1. The topological polar surface area (TPSA) is 64.7 Å². The minimum Gasteiger partial charge on any atom is -0.442 e. The lowest BCUT2D eigenvalue weighted by molar-refractivity contribution is 0.0604. The van der Waals surface area contributed by atoms with Gasteiger partial charge in [-0.05, 0) is 45.0 Å². The number of amides is 1. The van der Waals surface area contributed by atoms with Gasteiger partial charge >= 0.3 is 6.09 Å². The van der Waals surface area contributed by atoms with Gasteiger partial charge < -0.3 is 10.5 Å². The molecule has 0 bridgehead atoms. The smallest absolute Gasteiger partial charge is 0.436 e. The molecule has 0 fully saturated rings. The van der Waals surface area contributed by atoms with Crippen molar-refractivity contribution in [3.8, 4) is 0 Å². The third kappa shape index (κ3) is 4.63. The highest BCUT2D eigenvalue weighted by Gasteiger charge is 2.16. The molecule has 0 heterocycles. The van der Waals surface area contributed by atoms with Crippen molar-refractivity contribution in [3.63, 3.8) is 0 Å². The highest BCUT2D eigenvalue weighted by atomic mass is 19.1. The number of nitrogens with two attached hydrogens (primary N) is 1. The third-order valence-electron chi connectivity index (χ3n) is 1.75. The number of amidine groups is 1. The van der Waals surface area contributed by atoms with Gasteiger partial charge in [-0.2, -0.15) is 4.99 Å². The summed E-state index contributed by atoms with van der Waals surface area (Å²) < 4.78 is 17.6. The van der Waals surface area contributed by atoms with Crippen LogP contribution in [0.4, 0.5) is 9.18 Å². The Morgan fingerprint density at radius 1 is 1.29 bits per heavy atom. The summed E-state index contributed by atoms with van der Waals surface area (Å²) in [5.41, 5.74) is 5.44. The second-order valence-electron chi connectivity index (χ2n) is 4.48. The molecule has 17 heavy (non-hydrogen) atoms. The van der Waals surface area contributed by atoms with E-state index in [0.29, 0.717) is 5.56 Å². The van der Waals surface area contributed by atoms with Gasteiger partial charge in [-0.1, -0.05) is 0 Å². The number of rotatable bonds is 1. The zero-order valence-corrected chi connectivity index (χ0v) is 10.0. The first-order valence-corrected chi connectivity index (χ1v) is 5.11. The molecule has 0 unspecified atom stereocenters. The largest absolute Gasteiger partial charge is 0.442 e. The Bertz CT molecular complexity index is 433. The fourth-order valence-corrected chi connectivity index (χ4v) is 1.07. The number of ether oxygens (including phenoxy) is 1. The molecule has 1 aromatic rings. The molecule has 1 amide bonds. The molecule has 0 aliphatic rings. The van der Waals surface area contributed by atoms with E-state index in [1.54, 1.807) is 20.8 Å². The van der Waals surface area contributed by atoms with Crippen LogP contribution >= 0.6 is 0 Å². The Morgan fingerprint density at radius 2 is 1.82 bits per heavy atom. The van der Waals surface area contributed by atoms with Gasteiger partial charge in [-0.15, -0.1) is 0 Å². The van der Waals surface area contributed by atoms with Crippen LogP contribution in [0.5, 0.6) is 0 Å². The molecule has 0 aliphatic heterocycles. The molecule has 4 nitrogen and oxygen atoms in total. The van der Waals surface area contributed by atoms with E-state index in [0.717, 1.165) is 0 Å². The summed E-state index contributed by atoms with van der Waals surface area (Å²) in [6.45, 7) is 5.19. The van der Waals surface area contributed by atoms with Gasteiger partial charge in [0, 0.05) is 5.56 Å². The van der Waals surface area contributed by atoms with Crippen molar-refractivity contribution in [2.75, 3.05) is 0 Å². The molecule has 0 spiro atoms. The quantitative estimate of drug-likeness (QED) is 0.603.